The number of allylic oxidation sites excluding steroid dienone is 2. The summed E-state index contributed by atoms with van der Waals surface area (Å²) < 4.78 is 0. The largest absolute Gasteiger partial charge is 0.330 e. The molecule has 0 heterocycles. The maximum atomic E-state index is 5.42. The minimum absolute atomic E-state index is 0.827. The van der Waals surface area contributed by atoms with Gasteiger partial charge < -0.3 is 10.6 Å². The molecule has 0 aromatic rings. The van der Waals surface area contributed by atoms with Crippen LogP contribution in [-0.4, -0.2) is 31.6 Å². The second-order valence-electron chi connectivity index (χ2n) is 5.14. The van der Waals surface area contributed by atoms with Crippen LogP contribution in [0.3, 0.4) is 0 Å². The zero-order chi connectivity index (χ0) is 15.7. The van der Waals surface area contributed by atoms with Gasteiger partial charge in [-0.3, -0.25) is 0 Å². The Labute approximate surface area is 123 Å². The molecule has 0 aliphatic heterocycles. The molecule has 2 heteroatoms. The predicted octanol–water partition coefficient (Wildman–Crippen LogP) is 4.70. The van der Waals surface area contributed by atoms with E-state index in [0.29, 0.717) is 0 Å². The van der Waals surface area contributed by atoms with Crippen molar-refractivity contribution in [2.75, 3.05) is 26.7 Å². The van der Waals surface area contributed by atoms with E-state index in [0.717, 1.165) is 18.9 Å². The Bertz CT molecular complexity index is 172. The van der Waals surface area contributed by atoms with Gasteiger partial charge in [0, 0.05) is 6.54 Å². The summed E-state index contributed by atoms with van der Waals surface area (Å²) in [6, 6.07) is 0. The van der Waals surface area contributed by atoms with Gasteiger partial charge in [0.15, 0.2) is 0 Å². The summed E-state index contributed by atoms with van der Waals surface area (Å²) in [5.41, 5.74) is 6.80. The fourth-order valence-electron chi connectivity index (χ4n) is 1.28. The summed E-state index contributed by atoms with van der Waals surface area (Å²) in [6.45, 7) is 18.0. The number of unbranched alkanes of at least 4 members (excludes halogenated alkanes) is 1. The lowest BCUT2D eigenvalue weighted by Gasteiger charge is -2.19. The van der Waals surface area contributed by atoms with Crippen molar-refractivity contribution in [2.45, 2.75) is 67.7 Å². The lowest BCUT2D eigenvalue weighted by molar-refractivity contribution is 0.277. The minimum atomic E-state index is 0.827. The molecule has 118 valence electrons. The van der Waals surface area contributed by atoms with Crippen molar-refractivity contribution in [1.29, 1.82) is 0 Å². The van der Waals surface area contributed by atoms with E-state index < -0.39 is 0 Å². The van der Waals surface area contributed by atoms with Crippen LogP contribution in [0.25, 0.3) is 0 Å². The molecule has 2 N–H and O–H groups in total. The van der Waals surface area contributed by atoms with Crippen LogP contribution in [0.15, 0.2) is 11.6 Å². The summed E-state index contributed by atoms with van der Waals surface area (Å²) in [4.78, 5) is 2.41. The third kappa shape index (κ3) is 27.0. The molecule has 0 aromatic carbocycles. The first-order valence-corrected chi connectivity index (χ1v) is 7.95. The van der Waals surface area contributed by atoms with Crippen molar-refractivity contribution in [3.8, 4) is 0 Å². The van der Waals surface area contributed by atoms with Gasteiger partial charge in [0.1, 0.15) is 0 Å². The van der Waals surface area contributed by atoms with E-state index in [2.05, 4.69) is 45.7 Å². The van der Waals surface area contributed by atoms with E-state index in [1.165, 1.54) is 31.5 Å². The molecule has 0 saturated heterocycles. The summed E-state index contributed by atoms with van der Waals surface area (Å²) in [7, 11) is 2.20. The van der Waals surface area contributed by atoms with Crippen LogP contribution < -0.4 is 5.73 Å². The van der Waals surface area contributed by atoms with Crippen LogP contribution in [-0.2, 0) is 0 Å². The van der Waals surface area contributed by atoms with Crippen LogP contribution >= 0.6 is 0 Å². The van der Waals surface area contributed by atoms with E-state index in [4.69, 9.17) is 5.73 Å². The third-order valence-electron chi connectivity index (χ3n) is 2.89. The second-order valence-corrected chi connectivity index (χ2v) is 5.14. The summed E-state index contributed by atoms with van der Waals surface area (Å²) in [5.74, 6) is 0.827. The van der Waals surface area contributed by atoms with Gasteiger partial charge in [-0.05, 0) is 59.7 Å². The Balaban J connectivity index is -0.000000307. The fourth-order valence-corrected chi connectivity index (χ4v) is 1.28. The van der Waals surface area contributed by atoms with Gasteiger partial charge in [0.25, 0.3) is 0 Å². The topological polar surface area (TPSA) is 29.3 Å². The zero-order valence-electron chi connectivity index (χ0n) is 14.9. The van der Waals surface area contributed by atoms with Crippen molar-refractivity contribution < 1.29 is 0 Å². The minimum Gasteiger partial charge on any atom is -0.330 e. The Kier molecular flexibility index (Phi) is 25.0. The molecule has 0 aliphatic rings. The second kappa shape index (κ2) is 20.0. The van der Waals surface area contributed by atoms with Crippen molar-refractivity contribution in [3.63, 3.8) is 0 Å². The third-order valence-corrected chi connectivity index (χ3v) is 2.89. The van der Waals surface area contributed by atoms with E-state index in [1.54, 1.807) is 0 Å². The van der Waals surface area contributed by atoms with Gasteiger partial charge >= 0.3 is 0 Å². The standard InChI is InChI=1S/C10H24N2.C5H10.C2H6/c1-4-10(2)9-12(3)8-6-5-7-11;1-4-5(2)3;1-2/h10H,4-9,11H2,1-3H3;4H,1-3H3;1-2H3. The maximum Gasteiger partial charge on any atom is 0.000387 e. The number of nitrogens with zero attached hydrogens (tertiary/aromatic N) is 1. The smallest absolute Gasteiger partial charge is 0.000387 e. The molecular formula is C17H40N2. The highest BCUT2D eigenvalue weighted by Crippen LogP contribution is 2.03. The summed E-state index contributed by atoms with van der Waals surface area (Å²) in [6.07, 6.45) is 5.76. The zero-order valence-corrected chi connectivity index (χ0v) is 14.9. The number of nitrogens with two attached hydrogens (primary N) is 1. The highest BCUT2D eigenvalue weighted by molar-refractivity contribution is 4.88. The SMILES string of the molecule is CC.CC=C(C)C.CCC(C)CN(C)CCCCN. The highest BCUT2D eigenvalue weighted by Gasteiger charge is 2.02. The normalized spacial score (nSPS) is 10.8. The number of rotatable bonds is 7. The molecule has 0 fully saturated rings. The molecular weight excluding hydrogens is 232 g/mol. The van der Waals surface area contributed by atoms with E-state index in [1.807, 2.05) is 20.8 Å². The average molecular weight is 273 g/mol. The molecule has 0 spiro atoms. The monoisotopic (exact) mass is 272 g/mol. The molecule has 0 rings (SSSR count). The summed E-state index contributed by atoms with van der Waals surface area (Å²) in [5, 5.41) is 0. The van der Waals surface area contributed by atoms with E-state index >= 15 is 0 Å². The number of hydrogen-bond acceptors (Lipinski definition) is 2. The molecule has 1 unspecified atom stereocenters. The molecule has 1 atom stereocenters. The Morgan fingerprint density at radius 3 is 2.00 bits per heavy atom. The quantitative estimate of drug-likeness (QED) is 0.537. The van der Waals surface area contributed by atoms with Gasteiger partial charge in [-0.1, -0.05) is 45.8 Å². The highest BCUT2D eigenvalue weighted by atomic mass is 15.1. The Hall–Kier alpha value is -0.340. The van der Waals surface area contributed by atoms with Crippen LogP contribution in [0, 0.1) is 5.92 Å². The van der Waals surface area contributed by atoms with Gasteiger partial charge in [-0.15, -0.1) is 0 Å². The van der Waals surface area contributed by atoms with Gasteiger partial charge in [0.05, 0.1) is 0 Å². The van der Waals surface area contributed by atoms with E-state index in [9.17, 15) is 0 Å². The van der Waals surface area contributed by atoms with Gasteiger partial charge in [-0.2, -0.15) is 0 Å². The van der Waals surface area contributed by atoms with Crippen molar-refractivity contribution in [3.05, 3.63) is 11.6 Å². The van der Waals surface area contributed by atoms with Crippen LogP contribution in [0.5, 0.6) is 0 Å². The van der Waals surface area contributed by atoms with Gasteiger partial charge in [-0.25, -0.2) is 0 Å². The molecule has 0 saturated carbocycles. The van der Waals surface area contributed by atoms with Crippen LogP contribution in [0.2, 0.25) is 0 Å². The number of hydrogen-bond donors (Lipinski definition) is 1. The Morgan fingerprint density at radius 2 is 1.68 bits per heavy atom. The molecule has 0 aliphatic carbocycles. The van der Waals surface area contributed by atoms with Gasteiger partial charge in [0.2, 0.25) is 0 Å². The molecule has 0 aromatic heterocycles. The van der Waals surface area contributed by atoms with E-state index in [-0.39, 0.29) is 0 Å². The first-order valence-electron chi connectivity index (χ1n) is 7.95. The first kappa shape index (κ1) is 23.7. The molecule has 0 bridgehead atoms. The van der Waals surface area contributed by atoms with Crippen molar-refractivity contribution in [2.24, 2.45) is 11.7 Å². The Morgan fingerprint density at radius 1 is 1.21 bits per heavy atom. The van der Waals surface area contributed by atoms with Crippen molar-refractivity contribution in [1.82, 2.24) is 4.90 Å². The lowest BCUT2D eigenvalue weighted by atomic mass is 10.1. The lowest BCUT2D eigenvalue weighted by Crippen LogP contribution is -2.25. The molecule has 2 nitrogen and oxygen atoms in total. The maximum absolute atomic E-state index is 5.42. The predicted molar refractivity (Wildman–Crippen MR) is 91.7 cm³/mol. The molecule has 0 radical (unpaired) electrons. The van der Waals surface area contributed by atoms with Crippen molar-refractivity contribution >= 4 is 0 Å². The average Bonchev–Trinajstić information content (AvgIpc) is 2.41. The summed E-state index contributed by atoms with van der Waals surface area (Å²) >= 11 is 0. The first-order chi connectivity index (χ1) is 8.97. The van der Waals surface area contributed by atoms with Crippen LogP contribution in [0.1, 0.15) is 67.7 Å². The fraction of sp³-hybridized carbons (Fsp3) is 0.882. The molecule has 19 heavy (non-hydrogen) atoms. The molecule has 0 amide bonds. The van der Waals surface area contributed by atoms with Crippen LogP contribution in [0.4, 0.5) is 0 Å².